The highest BCUT2D eigenvalue weighted by Crippen LogP contribution is 2.33. The van der Waals surface area contributed by atoms with Crippen LogP contribution in [0.5, 0.6) is 0 Å². The maximum atomic E-state index is 12.8. The number of hydrogen-bond donors (Lipinski definition) is 1. The van der Waals surface area contributed by atoms with Crippen LogP contribution in [0.3, 0.4) is 0 Å². The first kappa shape index (κ1) is 28.4. The fourth-order valence-electron chi connectivity index (χ4n) is 3.29. The molecule has 0 radical (unpaired) electrons. The van der Waals surface area contributed by atoms with Crippen LogP contribution in [0.2, 0.25) is 6.04 Å². The number of hydrogen-bond acceptors (Lipinski definition) is 7. The van der Waals surface area contributed by atoms with Gasteiger partial charge in [0, 0.05) is 24.1 Å². The Balaban J connectivity index is 3.08. The van der Waals surface area contributed by atoms with E-state index in [0.29, 0.717) is 18.0 Å². The smallest absolute Gasteiger partial charge is 0.391 e. The maximum absolute atomic E-state index is 12.8. The summed E-state index contributed by atoms with van der Waals surface area (Å²) in [5, 5.41) is 20.5. The third kappa shape index (κ3) is 9.87. The number of nitro benzene ring substituents is 1. The first-order valence-electron chi connectivity index (χ1n) is 10.9. The van der Waals surface area contributed by atoms with E-state index in [1.165, 1.54) is 18.2 Å². The van der Waals surface area contributed by atoms with Gasteiger partial charge in [-0.05, 0) is 80.9 Å². The topological polar surface area (TPSA) is 108 Å². The van der Waals surface area contributed by atoms with Crippen molar-refractivity contribution in [1.29, 1.82) is 0 Å². The first-order chi connectivity index (χ1) is 14.4. The normalized spacial score (nSPS) is 13.3. The number of ketones is 1. The van der Waals surface area contributed by atoms with Gasteiger partial charge in [-0.1, -0.05) is 0 Å². The molecule has 0 fully saturated rings. The van der Waals surface area contributed by atoms with Gasteiger partial charge in [-0.25, -0.2) is 0 Å². The number of carbonyl (C=O) groups is 1. The molecule has 0 amide bonds. The van der Waals surface area contributed by atoms with E-state index in [1.54, 1.807) is 0 Å². The summed E-state index contributed by atoms with van der Waals surface area (Å²) in [7, 11) is -3.19. The molecule has 0 aliphatic carbocycles. The predicted octanol–water partition coefficient (Wildman–Crippen LogP) is 5.43. The molecule has 0 aliphatic rings. The summed E-state index contributed by atoms with van der Waals surface area (Å²) in [6.07, 6.45) is 0.671. The molecule has 0 bridgehead atoms. The average Bonchev–Trinajstić information content (AvgIpc) is 2.56. The van der Waals surface area contributed by atoms with Gasteiger partial charge in [0.05, 0.1) is 33.9 Å². The standard InChI is InChI=1S/C23H39NO7Si/c1-21(2,3)29-32(30-22(4,5)6,31-23(7,8)9)14-10-11-20(26)17-12-13-19(24(27)28)18(15-17)16-25/h12-13,15,25H,10-11,14,16H2,1-9H3. The maximum Gasteiger partial charge on any atom is 0.502 e. The lowest BCUT2D eigenvalue weighted by Crippen LogP contribution is -2.57. The van der Waals surface area contributed by atoms with Crippen LogP contribution in [0.1, 0.15) is 91.1 Å². The van der Waals surface area contributed by atoms with Crippen molar-refractivity contribution in [1.82, 2.24) is 0 Å². The number of aliphatic hydroxyl groups excluding tert-OH is 1. The number of nitrogens with zero attached hydrogens (tertiary/aromatic N) is 1. The van der Waals surface area contributed by atoms with Crippen LogP contribution in [0.15, 0.2) is 18.2 Å². The molecular formula is C23H39NO7Si. The lowest BCUT2D eigenvalue weighted by Gasteiger charge is -2.43. The molecule has 8 nitrogen and oxygen atoms in total. The van der Waals surface area contributed by atoms with Crippen LogP contribution in [0.4, 0.5) is 5.69 Å². The minimum atomic E-state index is -3.19. The monoisotopic (exact) mass is 469 g/mol. The molecule has 0 aliphatic heterocycles. The molecule has 0 saturated carbocycles. The Hall–Kier alpha value is -1.65. The highest BCUT2D eigenvalue weighted by Gasteiger charge is 2.49. The largest absolute Gasteiger partial charge is 0.502 e. The van der Waals surface area contributed by atoms with Gasteiger partial charge in [-0.15, -0.1) is 0 Å². The van der Waals surface area contributed by atoms with Crippen molar-refractivity contribution in [3.63, 3.8) is 0 Å². The van der Waals surface area contributed by atoms with Gasteiger partial charge in [-0.2, -0.15) is 0 Å². The molecule has 0 saturated heterocycles. The van der Waals surface area contributed by atoms with E-state index in [2.05, 4.69) is 0 Å². The Morgan fingerprint density at radius 2 is 1.44 bits per heavy atom. The SMILES string of the molecule is CC(C)(C)O[Si](CCCC(=O)c1ccc([N+](=O)[O-])c(CO)c1)(OC(C)(C)C)OC(C)(C)C. The number of nitro groups is 1. The number of rotatable bonds is 10. The van der Waals surface area contributed by atoms with Crippen LogP contribution in [0, 0.1) is 10.1 Å². The van der Waals surface area contributed by atoms with E-state index in [1.807, 2.05) is 62.3 Å². The fraction of sp³-hybridized carbons (Fsp3) is 0.696. The summed E-state index contributed by atoms with van der Waals surface area (Å²) in [6, 6.07) is 4.51. The van der Waals surface area contributed by atoms with Crippen LogP contribution < -0.4 is 0 Å². The van der Waals surface area contributed by atoms with Crippen molar-refractivity contribution in [2.75, 3.05) is 0 Å². The summed E-state index contributed by atoms with van der Waals surface area (Å²) in [5.74, 6) is -0.167. The summed E-state index contributed by atoms with van der Waals surface area (Å²) in [6.45, 7) is 17.0. The van der Waals surface area contributed by atoms with E-state index in [0.717, 1.165) is 0 Å². The molecule has 1 aromatic carbocycles. The van der Waals surface area contributed by atoms with Gasteiger partial charge in [0.2, 0.25) is 0 Å². The van der Waals surface area contributed by atoms with Gasteiger partial charge in [0.1, 0.15) is 0 Å². The molecule has 1 N–H and O–H groups in total. The highest BCUT2D eigenvalue weighted by atomic mass is 28.4. The summed E-state index contributed by atoms with van der Waals surface area (Å²) >= 11 is 0. The molecule has 0 heterocycles. The van der Waals surface area contributed by atoms with Crippen molar-refractivity contribution in [3.8, 4) is 0 Å². The zero-order valence-electron chi connectivity index (χ0n) is 20.9. The summed E-state index contributed by atoms with van der Waals surface area (Å²) < 4.78 is 19.3. The van der Waals surface area contributed by atoms with Gasteiger partial charge in [0.15, 0.2) is 5.78 Å². The van der Waals surface area contributed by atoms with Crippen molar-refractivity contribution in [2.24, 2.45) is 0 Å². The van der Waals surface area contributed by atoms with Crippen LogP contribution in [0.25, 0.3) is 0 Å². The third-order valence-electron chi connectivity index (χ3n) is 4.04. The Morgan fingerprint density at radius 3 is 1.81 bits per heavy atom. The number of aliphatic hydroxyl groups is 1. The zero-order chi connectivity index (χ0) is 25.0. The molecule has 0 unspecified atom stereocenters. The minimum Gasteiger partial charge on any atom is -0.391 e. The highest BCUT2D eigenvalue weighted by molar-refractivity contribution is 6.61. The second-order valence-corrected chi connectivity index (χ2v) is 13.3. The van der Waals surface area contributed by atoms with Crippen LogP contribution in [-0.4, -0.2) is 41.4 Å². The van der Waals surface area contributed by atoms with E-state index < -0.39 is 37.1 Å². The molecule has 32 heavy (non-hydrogen) atoms. The number of benzene rings is 1. The molecule has 0 aromatic heterocycles. The number of carbonyl (C=O) groups excluding carboxylic acids is 1. The fourth-order valence-corrected chi connectivity index (χ4v) is 7.13. The molecule has 1 rings (SSSR count). The Labute approximate surface area is 192 Å². The van der Waals surface area contributed by atoms with E-state index in [4.69, 9.17) is 13.3 Å². The number of Topliss-reactive ketones (excluding diaryl/α,β-unsaturated/α-hetero) is 1. The molecule has 0 atom stereocenters. The van der Waals surface area contributed by atoms with Crippen molar-refractivity contribution >= 4 is 20.3 Å². The van der Waals surface area contributed by atoms with E-state index >= 15 is 0 Å². The predicted molar refractivity (Wildman–Crippen MR) is 126 cm³/mol. The van der Waals surface area contributed by atoms with Gasteiger partial charge in [0.25, 0.3) is 5.69 Å². The Morgan fingerprint density at radius 1 is 0.969 bits per heavy atom. The quantitative estimate of drug-likeness (QED) is 0.210. The molecule has 0 spiro atoms. The lowest BCUT2D eigenvalue weighted by molar-refractivity contribution is -0.385. The molecule has 9 heteroatoms. The lowest BCUT2D eigenvalue weighted by atomic mass is 10.0. The van der Waals surface area contributed by atoms with Gasteiger partial charge >= 0.3 is 8.80 Å². The second-order valence-electron chi connectivity index (χ2n) is 10.9. The van der Waals surface area contributed by atoms with Crippen LogP contribution in [-0.2, 0) is 19.9 Å². The summed E-state index contributed by atoms with van der Waals surface area (Å²) in [5.41, 5.74) is -1.25. The summed E-state index contributed by atoms with van der Waals surface area (Å²) in [4.78, 5) is 23.3. The first-order valence-corrected chi connectivity index (χ1v) is 12.8. The van der Waals surface area contributed by atoms with Crippen molar-refractivity contribution in [3.05, 3.63) is 39.4 Å². The Kier molecular flexibility index (Phi) is 9.33. The Bertz CT molecular complexity index is 763. The van der Waals surface area contributed by atoms with Crippen molar-refractivity contribution in [2.45, 2.75) is 105 Å². The minimum absolute atomic E-state index is 0.118. The third-order valence-corrected chi connectivity index (χ3v) is 7.78. The average molecular weight is 470 g/mol. The van der Waals surface area contributed by atoms with Crippen LogP contribution >= 0.6 is 0 Å². The van der Waals surface area contributed by atoms with Gasteiger partial charge < -0.3 is 18.4 Å². The molecule has 182 valence electrons. The zero-order valence-corrected chi connectivity index (χ0v) is 21.9. The second kappa shape index (κ2) is 10.5. The van der Waals surface area contributed by atoms with Gasteiger partial charge in [-0.3, -0.25) is 14.9 Å². The molecule has 1 aromatic rings. The van der Waals surface area contributed by atoms with E-state index in [9.17, 15) is 20.0 Å². The molecular weight excluding hydrogens is 430 g/mol. The van der Waals surface area contributed by atoms with Crippen molar-refractivity contribution < 1.29 is 28.1 Å². The van der Waals surface area contributed by atoms with E-state index in [-0.39, 0.29) is 23.5 Å².